The molecular formula is C13H15ClN2S2. The maximum Gasteiger partial charge on any atom is 0.183 e. The van der Waals surface area contributed by atoms with Crippen molar-refractivity contribution in [3.8, 4) is 0 Å². The van der Waals surface area contributed by atoms with Crippen LogP contribution in [0.1, 0.15) is 19.3 Å². The van der Waals surface area contributed by atoms with Crippen LogP contribution in [-0.2, 0) is 0 Å². The van der Waals surface area contributed by atoms with Gasteiger partial charge in [-0.05, 0) is 30.7 Å². The summed E-state index contributed by atoms with van der Waals surface area (Å²) in [6.45, 7) is 1.02. The number of rotatable bonds is 3. The summed E-state index contributed by atoms with van der Waals surface area (Å²) in [4.78, 5) is 4.57. The number of aromatic nitrogens is 1. The Morgan fingerprint density at radius 3 is 3.11 bits per heavy atom. The van der Waals surface area contributed by atoms with Crippen LogP contribution in [0.25, 0.3) is 10.2 Å². The average molecular weight is 299 g/mol. The third-order valence-electron chi connectivity index (χ3n) is 3.12. The minimum atomic E-state index is 0.737. The Morgan fingerprint density at radius 1 is 1.39 bits per heavy atom. The van der Waals surface area contributed by atoms with Crippen LogP contribution in [0.4, 0.5) is 5.13 Å². The van der Waals surface area contributed by atoms with E-state index in [2.05, 4.69) is 22.1 Å². The van der Waals surface area contributed by atoms with E-state index in [1.54, 1.807) is 11.3 Å². The van der Waals surface area contributed by atoms with Gasteiger partial charge in [0.25, 0.3) is 0 Å². The summed E-state index contributed by atoms with van der Waals surface area (Å²) in [5, 5.41) is 5.98. The number of thiazole rings is 1. The molecule has 1 N–H and O–H groups in total. The lowest BCUT2D eigenvalue weighted by Gasteiger charge is -2.21. The van der Waals surface area contributed by atoms with Gasteiger partial charge in [0.05, 0.1) is 15.2 Å². The van der Waals surface area contributed by atoms with E-state index in [1.165, 1.54) is 25.0 Å². The molecule has 2 heterocycles. The monoisotopic (exact) mass is 298 g/mol. The van der Waals surface area contributed by atoms with Gasteiger partial charge in [0.15, 0.2) is 5.13 Å². The van der Waals surface area contributed by atoms with Crippen molar-refractivity contribution < 1.29 is 0 Å². The molecule has 0 amide bonds. The fourth-order valence-electron chi connectivity index (χ4n) is 2.16. The molecule has 0 spiro atoms. The first kappa shape index (κ1) is 12.6. The number of hydrogen-bond donors (Lipinski definition) is 1. The molecule has 1 saturated heterocycles. The highest BCUT2D eigenvalue weighted by Crippen LogP contribution is 2.32. The molecule has 0 saturated carbocycles. The summed E-state index contributed by atoms with van der Waals surface area (Å²) in [7, 11) is 0. The first-order valence-electron chi connectivity index (χ1n) is 6.23. The Labute approximate surface area is 120 Å². The van der Waals surface area contributed by atoms with Gasteiger partial charge >= 0.3 is 0 Å². The number of benzene rings is 1. The molecule has 3 rings (SSSR count). The van der Waals surface area contributed by atoms with Crippen molar-refractivity contribution in [2.45, 2.75) is 24.5 Å². The standard InChI is InChI=1S/C13H15ClN2S2/c14-10-5-3-6-11-12(10)18-13(16-11)15-8-9-4-1-2-7-17-9/h3,5-6,9H,1-2,4,7-8H2,(H,15,16). The van der Waals surface area contributed by atoms with E-state index in [0.29, 0.717) is 0 Å². The molecule has 96 valence electrons. The van der Waals surface area contributed by atoms with Crippen LogP contribution in [0.5, 0.6) is 0 Å². The van der Waals surface area contributed by atoms with Crippen molar-refractivity contribution in [1.29, 1.82) is 0 Å². The van der Waals surface area contributed by atoms with Gasteiger partial charge in [-0.15, -0.1) is 0 Å². The number of nitrogens with zero attached hydrogens (tertiary/aromatic N) is 1. The van der Waals surface area contributed by atoms with Gasteiger partial charge in [-0.3, -0.25) is 0 Å². The Balaban J connectivity index is 1.69. The number of nitrogens with one attached hydrogen (secondary N) is 1. The van der Waals surface area contributed by atoms with Crippen molar-refractivity contribution in [1.82, 2.24) is 4.98 Å². The first-order valence-corrected chi connectivity index (χ1v) is 8.48. The van der Waals surface area contributed by atoms with Gasteiger partial charge < -0.3 is 5.32 Å². The molecule has 1 atom stereocenters. The minimum absolute atomic E-state index is 0.737. The SMILES string of the molecule is Clc1cccc2nc(NCC3CCCCS3)sc12. The largest absolute Gasteiger partial charge is 0.360 e. The lowest BCUT2D eigenvalue weighted by atomic mass is 10.2. The quantitative estimate of drug-likeness (QED) is 0.893. The Hall–Kier alpha value is -0.450. The summed E-state index contributed by atoms with van der Waals surface area (Å²) in [6.07, 6.45) is 4.06. The Morgan fingerprint density at radius 2 is 2.33 bits per heavy atom. The number of thioether (sulfide) groups is 1. The molecule has 1 fully saturated rings. The van der Waals surface area contributed by atoms with Crippen molar-refractivity contribution in [3.05, 3.63) is 23.2 Å². The van der Waals surface area contributed by atoms with Crippen molar-refractivity contribution in [3.63, 3.8) is 0 Å². The highest BCUT2D eigenvalue weighted by molar-refractivity contribution is 7.99. The van der Waals surface area contributed by atoms with Crippen LogP contribution in [0.2, 0.25) is 5.02 Å². The molecule has 1 aromatic carbocycles. The van der Waals surface area contributed by atoms with Gasteiger partial charge in [-0.25, -0.2) is 4.98 Å². The second kappa shape index (κ2) is 5.68. The summed E-state index contributed by atoms with van der Waals surface area (Å²) in [6, 6.07) is 5.88. The van der Waals surface area contributed by atoms with Crippen LogP contribution >= 0.6 is 34.7 Å². The van der Waals surface area contributed by atoms with E-state index in [0.717, 1.165) is 32.2 Å². The van der Waals surface area contributed by atoms with Gasteiger partial charge in [-0.2, -0.15) is 11.8 Å². The summed E-state index contributed by atoms with van der Waals surface area (Å²) in [5.41, 5.74) is 0.992. The summed E-state index contributed by atoms with van der Waals surface area (Å²) in [5.74, 6) is 1.30. The topological polar surface area (TPSA) is 24.9 Å². The molecule has 0 bridgehead atoms. The zero-order valence-electron chi connectivity index (χ0n) is 9.99. The van der Waals surface area contributed by atoms with Crippen molar-refractivity contribution in [2.75, 3.05) is 17.6 Å². The molecule has 2 nitrogen and oxygen atoms in total. The smallest absolute Gasteiger partial charge is 0.183 e. The van der Waals surface area contributed by atoms with Crippen LogP contribution in [-0.4, -0.2) is 22.5 Å². The Bertz CT molecular complexity index is 535. The molecule has 18 heavy (non-hydrogen) atoms. The Kier molecular flexibility index (Phi) is 3.97. The zero-order chi connectivity index (χ0) is 12.4. The molecule has 1 aliphatic heterocycles. The first-order chi connectivity index (χ1) is 8.83. The van der Waals surface area contributed by atoms with Crippen molar-refractivity contribution in [2.24, 2.45) is 0 Å². The summed E-state index contributed by atoms with van der Waals surface area (Å²) >= 11 is 9.89. The zero-order valence-corrected chi connectivity index (χ0v) is 12.4. The van der Waals surface area contributed by atoms with E-state index >= 15 is 0 Å². The highest BCUT2D eigenvalue weighted by Gasteiger charge is 2.14. The molecule has 1 aliphatic rings. The third-order valence-corrected chi connectivity index (χ3v) is 6.01. The molecule has 2 aromatic rings. The maximum absolute atomic E-state index is 6.16. The third kappa shape index (κ3) is 2.76. The number of fused-ring (bicyclic) bond motifs is 1. The van der Waals surface area contributed by atoms with Gasteiger partial charge in [0, 0.05) is 11.8 Å². The molecular weight excluding hydrogens is 284 g/mol. The van der Waals surface area contributed by atoms with Gasteiger partial charge in [0.2, 0.25) is 0 Å². The molecule has 1 aromatic heterocycles. The minimum Gasteiger partial charge on any atom is -0.360 e. The predicted molar refractivity (Wildman–Crippen MR) is 83.2 cm³/mol. The van der Waals surface area contributed by atoms with Crippen LogP contribution in [0.3, 0.4) is 0 Å². The summed E-state index contributed by atoms with van der Waals surface area (Å²) < 4.78 is 1.08. The van der Waals surface area contributed by atoms with Crippen LogP contribution < -0.4 is 5.32 Å². The number of halogens is 1. The van der Waals surface area contributed by atoms with Crippen LogP contribution in [0.15, 0.2) is 18.2 Å². The normalized spacial score (nSPS) is 20.2. The molecule has 5 heteroatoms. The number of hydrogen-bond acceptors (Lipinski definition) is 4. The predicted octanol–water partition coefficient (Wildman–Crippen LogP) is 4.65. The second-order valence-corrected chi connectivity index (χ2v) is 7.29. The average Bonchev–Trinajstić information content (AvgIpc) is 2.82. The second-order valence-electron chi connectivity index (χ2n) is 4.48. The molecule has 1 unspecified atom stereocenters. The van der Waals surface area contributed by atoms with Crippen LogP contribution in [0, 0.1) is 0 Å². The van der Waals surface area contributed by atoms with Gasteiger partial charge in [0.1, 0.15) is 0 Å². The molecule has 0 aliphatic carbocycles. The maximum atomic E-state index is 6.16. The van der Waals surface area contributed by atoms with E-state index in [4.69, 9.17) is 11.6 Å². The fraction of sp³-hybridized carbons (Fsp3) is 0.462. The lowest BCUT2D eigenvalue weighted by molar-refractivity contribution is 0.677. The fourth-order valence-corrected chi connectivity index (χ4v) is 4.56. The van der Waals surface area contributed by atoms with E-state index in [9.17, 15) is 0 Å². The van der Waals surface area contributed by atoms with E-state index < -0.39 is 0 Å². The van der Waals surface area contributed by atoms with Crippen molar-refractivity contribution >= 4 is 50.0 Å². The highest BCUT2D eigenvalue weighted by atomic mass is 35.5. The van der Waals surface area contributed by atoms with Gasteiger partial charge in [-0.1, -0.05) is 35.4 Å². The molecule has 0 radical (unpaired) electrons. The van der Waals surface area contributed by atoms with E-state index in [-0.39, 0.29) is 0 Å². The lowest BCUT2D eigenvalue weighted by Crippen LogP contribution is -2.19. The van der Waals surface area contributed by atoms with E-state index in [1.807, 2.05) is 18.2 Å². The number of anilines is 1.